The van der Waals surface area contributed by atoms with Crippen LogP contribution in [0.5, 0.6) is 0 Å². The molecule has 5 heteroatoms. The predicted molar refractivity (Wildman–Crippen MR) is 63.9 cm³/mol. The first-order valence-corrected chi connectivity index (χ1v) is 5.45. The van der Waals surface area contributed by atoms with E-state index < -0.39 is 0 Å². The van der Waals surface area contributed by atoms with E-state index in [0.29, 0.717) is 18.5 Å². The summed E-state index contributed by atoms with van der Waals surface area (Å²) in [7, 11) is 1.61. The number of ether oxygens (including phenoxy) is 1. The van der Waals surface area contributed by atoms with Crippen molar-refractivity contribution >= 4 is 11.6 Å². The van der Waals surface area contributed by atoms with Gasteiger partial charge in [-0.05, 0) is 37.6 Å². The van der Waals surface area contributed by atoms with Crippen molar-refractivity contribution in [3.8, 4) is 0 Å². The van der Waals surface area contributed by atoms with Crippen LogP contribution in [-0.4, -0.2) is 19.1 Å². The lowest BCUT2D eigenvalue weighted by atomic mass is 10.2. The van der Waals surface area contributed by atoms with Gasteiger partial charge >= 0.3 is 0 Å². The number of benzene rings is 1. The Morgan fingerprint density at radius 3 is 2.65 bits per heavy atom. The SMILES string of the molecule is COC(C)CCC(=O)NNc1ccc(F)cc1. The zero-order valence-corrected chi connectivity index (χ0v) is 10.00. The Balaban J connectivity index is 2.26. The van der Waals surface area contributed by atoms with Crippen LogP contribution in [0, 0.1) is 5.82 Å². The van der Waals surface area contributed by atoms with Crippen LogP contribution < -0.4 is 10.9 Å². The van der Waals surface area contributed by atoms with Crippen LogP contribution in [0.15, 0.2) is 24.3 Å². The van der Waals surface area contributed by atoms with Crippen molar-refractivity contribution in [2.75, 3.05) is 12.5 Å². The number of anilines is 1. The molecule has 2 N–H and O–H groups in total. The van der Waals surface area contributed by atoms with E-state index in [1.807, 2.05) is 6.92 Å². The summed E-state index contributed by atoms with van der Waals surface area (Å²) in [6, 6.07) is 5.74. The molecule has 1 amide bonds. The summed E-state index contributed by atoms with van der Waals surface area (Å²) in [5, 5.41) is 0. The van der Waals surface area contributed by atoms with E-state index in [4.69, 9.17) is 4.74 Å². The summed E-state index contributed by atoms with van der Waals surface area (Å²) >= 11 is 0. The topological polar surface area (TPSA) is 50.4 Å². The summed E-state index contributed by atoms with van der Waals surface area (Å²) in [6.45, 7) is 1.90. The number of hydrazine groups is 1. The van der Waals surface area contributed by atoms with Crippen molar-refractivity contribution in [2.24, 2.45) is 0 Å². The van der Waals surface area contributed by atoms with E-state index in [-0.39, 0.29) is 17.8 Å². The Morgan fingerprint density at radius 1 is 1.41 bits per heavy atom. The molecule has 0 aliphatic heterocycles. The maximum Gasteiger partial charge on any atom is 0.238 e. The second-order valence-electron chi connectivity index (χ2n) is 3.77. The van der Waals surface area contributed by atoms with Gasteiger partial charge in [-0.1, -0.05) is 0 Å². The minimum absolute atomic E-state index is 0.0616. The molecule has 1 unspecified atom stereocenters. The van der Waals surface area contributed by atoms with Gasteiger partial charge in [0, 0.05) is 13.5 Å². The van der Waals surface area contributed by atoms with Crippen molar-refractivity contribution < 1.29 is 13.9 Å². The first-order valence-electron chi connectivity index (χ1n) is 5.45. The monoisotopic (exact) mass is 240 g/mol. The quantitative estimate of drug-likeness (QED) is 0.748. The zero-order chi connectivity index (χ0) is 12.7. The molecule has 0 saturated carbocycles. The van der Waals surface area contributed by atoms with Gasteiger partial charge in [-0.2, -0.15) is 0 Å². The highest BCUT2D eigenvalue weighted by atomic mass is 19.1. The Kier molecular flexibility index (Phi) is 5.42. The number of hydrogen-bond donors (Lipinski definition) is 2. The number of hydrogen-bond acceptors (Lipinski definition) is 3. The molecule has 0 aromatic heterocycles. The van der Waals surface area contributed by atoms with E-state index in [0.717, 1.165) is 0 Å². The average molecular weight is 240 g/mol. The third kappa shape index (κ3) is 5.31. The molecule has 1 atom stereocenters. The highest BCUT2D eigenvalue weighted by molar-refractivity contribution is 5.77. The normalized spacial score (nSPS) is 11.9. The molecule has 4 nitrogen and oxygen atoms in total. The van der Waals surface area contributed by atoms with Crippen LogP contribution in [0.2, 0.25) is 0 Å². The van der Waals surface area contributed by atoms with Crippen molar-refractivity contribution in [1.29, 1.82) is 0 Å². The lowest BCUT2D eigenvalue weighted by Gasteiger charge is -2.10. The number of carbonyl (C=O) groups is 1. The first-order chi connectivity index (χ1) is 8.11. The maximum atomic E-state index is 12.6. The molecule has 0 fully saturated rings. The van der Waals surface area contributed by atoms with E-state index >= 15 is 0 Å². The largest absolute Gasteiger partial charge is 0.382 e. The number of rotatable bonds is 6. The van der Waals surface area contributed by atoms with E-state index in [2.05, 4.69) is 10.9 Å². The van der Waals surface area contributed by atoms with Crippen LogP contribution in [0.1, 0.15) is 19.8 Å². The van der Waals surface area contributed by atoms with Crippen LogP contribution >= 0.6 is 0 Å². The second-order valence-corrected chi connectivity index (χ2v) is 3.77. The van der Waals surface area contributed by atoms with E-state index in [9.17, 15) is 9.18 Å². The van der Waals surface area contributed by atoms with Crippen molar-refractivity contribution in [3.05, 3.63) is 30.1 Å². The molecule has 17 heavy (non-hydrogen) atoms. The van der Waals surface area contributed by atoms with Gasteiger partial charge in [0.1, 0.15) is 5.82 Å². The first kappa shape index (κ1) is 13.4. The molecular weight excluding hydrogens is 223 g/mol. The lowest BCUT2D eigenvalue weighted by Crippen LogP contribution is -2.29. The number of methoxy groups -OCH3 is 1. The molecule has 0 saturated heterocycles. The fourth-order valence-corrected chi connectivity index (χ4v) is 1.19. The summed E-state index contributed by atoms with van der Waals surface area (Å²) in [5.41, 5.74) is 5.88. The molecule has 0 heterocycles. The summed E-state index contributed by atoms with van der Waals surface area (Å²) in [5.74, 6) is -0.436. The van der Waals surface area contributed by atoms with Crippen molar-refractivity contribution in [2.45, 2.75) is 25.9 Å². The third-order valence-electron chi connectivity index (χ3n) is 2.37. The summed E-state index contributed by atoms with van der Waals surface area (Å²) in [4.78, 5) is 11.4. The molecule has 0 bridgehead atoms. The van der Waals surface area contributed by atoms with Crippen molar-refractivity contribution in [3.63, 3.8) is 0 Å². The number of nitrogens with one attached hydrogen (secondary N) is 2. The minimum Gasteiger partial charge on any atom is -0.382 e. The maximum absolute atomic E-state index is 12.6. The second kappa shape index (κ2) is 6.85. The zero-order valence-electron chi connectivity index (χ0n) is 10.00. The fourth-order valence-electron chi connectivity index (χ4n) is 1.19. The molecule has 0 aliphatic rings. The number of amides is 1. The van der Waals surface area contributed by atoms with Crippen molar-refractivity contribution in [1.82, 2.24) is 5.43 Å². The van der Waals surface area contributed by atoms with Gasteiger partial charge in [0.05, 0.1) is 11.8 Å². The van der Waals surface area contributed by atoms with Gasteiger partial charge in [0.15, 0.2) is 0 Å². The molecule has 1 rings (SSSR count). The Bertz CT molecular complexity index is 354. The highest BCUT2D eigenvalue weighted by Crippen LogP contribution is 2.06. The summed E-state index contributed by atoms with van der Waals surface area (Å²) < 4.78 is 17.6. The molecule has 0 radical (unpaired) electrons. The smallest absolute Gasteiger partial charge is 0.238 e. The highest BCUT2D eigenvalue weighted by Gasteiger charge is 2.05. The Hall–Kier alpha value is -1.62. The van der Waals surface area contributed by atoms with Gasteiger partial charge in [0.2, 0.25) is 5.91 Å². The van der Waals surface area contributed by atoms with Gasteiger partial charge in [-0.25, -0.2) is 4.39 Å². The van der Waals surface area contributed by atoms with Crippen LogP contribution in [-0.2, 0) is 9.53 Å². The lowest BCUT2D eigenvalue weighted by molar-refractivity contribution is -0.121. The molecular formula is C12H17FN2O2. The minimum atomic E-state index is -0.309. The van der Waals surface area contributed by atoms with E-state index in [1.54, 1.807) is 19.2 Å². The van der Waals surface area contributed by atoms with Gasteiger partial charge < -0.3 is 4.74 Å². The summed E-state index contributed by atoms with van der Waals surface area (Å²) in [6.07, 6.45) is 1.10. The fraction of sp³-hybridized carbons (Fsp3) is 0.417. The Morgan fingerprint density at radius 2 is 2.06 bits per heavy atom. The molecule has 0 aliphatic carbocycles. The predicted octanol–water partition coefficient (Wildman–Crippen LogP) is 2.08. The van der Waals surface area contributed by atoms with Gasteiger partial charge in [-0.15, -0.1) is 0 Å². The molecule has 1 aromatic carbocycles. The number of carbonyl (C=O) groups excluding carboxylic acids is 1. The molecule has 0 spiro atoms. The van der Waals surface area contributed by atoms with Crippen LogP contribution in [0.3, 0.4) is 0 Å². The average Bonchev–Trinajstić information content (AvgIpc) is 2.35. The van der Waals surface area contributed by atoms with Crippen LogP contribution in [0.4, 0.5) is 10.1 Å². The van der Waals surface area contributed by atoms with Crippen LogP contribution in [0.25, 0.3) is 0 Å². The van der Waals surface area contributed by atoms with Gasteiger partial charge in [-0.3, -0.25) is 15.6 Å². The standard InChI is InChI=1S/C12H17FN2O2/c1-9(17-2)3-8-12(16)15-14-11-6-4-10(13)5-7-11/h4-7,9,14H,3,8H2,1-2H3,(H,15,16). The van der Waals surface area contributed by atoms with E-state index in [1.165, 1.54) is 12.1 Å². The molecule has 1 aromatic rings. The molecule has 94 valence electrons. The van der Waals surface area contributed by atoms with Gasteiger partial charge in [0.25, 0.3) is 0 Å². The number of halogens is 1. The third-order valence-corrected chi connectivity index (χ3v) is 2.37. The Labute approximate surface area is 100 Å².